The summed E-state index contributed by atoms with van der Waals surface area (Å²) in [5.41, 5.74) is 8.13. The lowest BCUT2D eigenvalue weighted by molar-refractivity contribution is 0.417. The average Bonchev–Trinajstić information content (AvgIpc) is 2.59. The third-order valence-corrected chi connectivity index (χ3v) is 3.57. The molecule has 0 saturated carbocycles. The molecule has 0 aliphatic rings. The Balaban J connectivity index is 1.88. The lowest BCUT2D eigenvalue weighted by Crippen LogP contribution is -2.05. The summed E-state index contributed by atoms with van der Waals surface area (Å²) in [5.74, 6) is 1.67. The van der Waals surface area contributed by atoms with Crippen LogP contribution >= 0.6 is 11.6 Å². The molecule has 2 aromatic carbocycles. The van der Waals surface area contributed by atoms with E-state index in [9.17, 15) is 0 Å². The SMILES string of the molecule is COc1ccccc1Nc1ncnc(Nc2cccc(Cl)c2)c1N. The second-order valence-corrected chi connectivity index (χ2v) is 5.38. The molecule has 24 heavy (non-hydrogen) atoms. The van der Waals surface area contributed by atoms with Crippen LogP contribution in [0.25, 0.3) is 0 Å². The van der Waals surface area contributed by atoms with E-state index in [2.05, 4.69) is 20.6 Å². The minimum atomic E-state index is 0.392. The zero-order valence-corrected chi connectivity index (χ0v) is 13.7. The van der Waals surface area contributed by atoms with Crippen LogP contribution in [0.1, 0.15) is 0 Å². The van der Waals surface area contributed by atoms with Crippen LogP contribution in [0.2, 0.25) is 5.02 Å². The Morgan fingerprint density at radius 1 is 1.00 bits per heavy atom. The minimum absolute atomic E-state index is 0.392. The summed E-state index contributed by atoms with van der Waals surface area (Å²) in [5, 5.41) is 6.92. The summed E-state index contributed by atoms with van der Waals surface area (Å²) in [4.78, 5) is 8.39. The van der Waals surface area contributed by atoms with Crippen LogP contribution in [-0.4, -0.2) is 17.1 Å². The predicted molar refractivity (Wildman–Crippen MR) is 97.5 cm³/mol. The van der Waals surface area contributed by atoms with Crippen molar-refractivity contribution >= 4 is 40.3 Å². The van der Waals surface area contributed by atoms with E-state index < -0.39 is 0 Å². The maximum atomic E-state index is 6.18. The number of rotatable bonds is 5. The van der Waals surface area contributed by atoms with Gasteiger partial charge in [-0.1, -0.05) is 29.8 Å². The number of benzene rings is 2. The van der Waals surface area contributed by atoms with Crippen LogP contribution in [0, 0.1) is 0 Å². The molecular formula is C17H16ClN5O. The molecule has 0 spiro atoms. The van der Waals surface area contributed by atoms with E-state index in [1.165, 1.54) is 6.33 Å². The first-order valence-corrected chi connectivity index (χ1v) is 7.58. The van der Waals surface area contributed by atoms with Gasteiger partial charge in [0.1, 0.15) is 17.8 Å². The fourth-order valence-corrected chi connectivity index (χ4v) is 2.36. The number of para-hydroxylation sites is 2. The number of anilines is 5. The van der Waals surface area contributed by atoms with Gasteiger partial charge >= 0.3 is 0 Å². The highest BCUT2D eigenvalue weighted by Gasteiger charge is 2.11. The molecule has 0 bridgehead atoms. The summed E-state index contributed by atoms with van der Waals surface area (Å²) in [6, 6.07) is 14.8. The summed E-state index contributed by atoms with van der Waals surface area (Å²) < 4.78 is 5.32. The zero-order chi connectivity index (χ0) is 16.9. The summed E-state index contributed by atoms with van der Waals surface area (Å²) >= 11 is 5.99. The van der Waals surface area contributed by atoms with Gasteiger partial charge in [-0.05, 0) is 30.3 Å². The maximum Gasteiger partial charge on any atom is 0.159 e. The molecule has 1 aromatic heterocycles. The van der Waals surface area contributed by atoms with E-state index in [1.807, 2.05) is 36.4 Å². The van der Waals surface area contributed by atoms with Gasteiger partial charge < -0.3 is 21.1 Å². The molecule has 0 saturated heterocycles. The first kappa shape index (κ1) is 15.9. The van der Waals surface area contributed by atoms with E-state index in [-0.39, 0.29) is 0 Å². The van der Waals surface area contributed by atoms with Crippen LogP contribution in [0.5, 0.6) is 5.75 Å². The highest BCUT2D eigenvalue weighted by Crippen LogP contribution is 2.32. The monoisotopic (exact) mass is 341 g/mol. The molecular weight excluding hydrogens is 326 g/mol. The molecule has 0 amide bonds. The number of nitrogens with two attached hydrogens (primary N) is 1. The number of halogens is 1. The molecule has 6 nitrogen and oxygen atoms in total. The number of nitrogens with one attached hydrogen (secondary N) is 2. The maximum absolute atomic E-state index is 6.18. The molecule has 3 rings (SSSR count). The smallest absolute Gasteiger partial charge is 0.159 e. The average molecular weight is 342 g/mol. The van der Waals surface area contributed by atoms with Gasteiger partial charge in [0.25, 0.3) is 0 Å². The van der Waals surface area contributed by atoms with E-state index in [0.717, 1.165) is 11.4 Å². The Morgan fingerprint density at radius 2 is 1.75 bits per heavy atom. The minimum Gasteiger partial charge on any atom is -0.495 e. The van der Waals surface area contributed by atoms with Gasteiger partial charge in [-0.15, -0.1) is 0 Å². The number of ether oxygens (including phenoxy) is 1. The topological polar surface area (TPSA) is 85.1 Å². The van der Waals surface area contributed by atoms with Crippen molar-refractivity contribution < 1.29 is 4.74 Å². The number of nitrogens with zero attached hydrogens (tertiary/aromatic N) is 2. The largest absolute Gasteiger partial charge is 0.495 e. The fourth-order valence-electron chi connectivity index (χ4n) is 2.17. The Kier molecular flexibility index (Phi) is 4.67. The van der Waals surface area contributed by atoms with Gasteiger partial charge in [0.15, 0.2) is 11.6 Å². The van der Waals surface area contributed by atoms with E-state index in [1.54, 1.807) is 19.2 Å². The Bertz CT molecular complexity index is 856. The lowest BCUT2D eigenvalue weighted by atomic mass is 10.3. The van der Waals surface area contributed by atoms with Crippen molar-refractivity contribution in [3.63, 3.8) is 0 Å². The number of hydrogen-bond donors (Lipinski definition) is 3. The van der Waals surface area contributed by atoms with Crippen molar-refractivity contribution in [3.05, 3.63) is 59.9 Å². The molecule has 0 radical (unpaired) electrons. The van der Waals surface area contributed by atoms with Gasteiger partial charge in [0, 0.05) is 10.7 Å². The lowest BCUT2D eigenvalue weighted by Gasteiger charge is -2.14. The first-order valence-electron chi connectivity index (χ1n) is 7.20. The van der Waals surface area contributed by atoms with Crippen LogP contribution in [0.4, 0.5) is 28.7 Å². The van der Waals surface area contributed by atoms with Crippen molar-refractivity contribution in [2.45, 2.75) is 0 Å². The van der Waals surface area contributed by atoms with Crippen LogP contribution < -0.4 is 21.1 Å². The molecule has 1 heterocycles. The molecule has 7 heteroatoms. The molecule has 0 unspecified atom stereocenters. The number of nitrogen functional groups attached to an aromatic ring is 1. The van der Waals surface area contributed by atoms with Crippen molar-refractivity contribution in [1.82, 2.24) is 9.97 Å². The van der Waals surface area contributed by atoms with E-state index in [4.69, 9.17) is 22.1 Å². The quantitative estimate of drug-likeness (QED) is 0.644. The van der Waals surface area contributed by atoms with E-state index >= 15 is 0 Å². The van der Waals surface area contributed by atoms with Crippen LogP contribution in [0.3, 0.4) is 0 Å². The summed E-state index contributed by atoms with van der Waals surface area (Å²) in [6.07, 6.45) is 1.43. The van der Waals surface area contributed by atoms with Crippen LogP contribution in [0.15, 0.2) is 54.9 Å². The molecule has 122 valence electrons. The second-order valence-electron chi connectivity index (χ2n) is 4.95. The number of hydrogen-bond acceptors (Lipinski definition) is 6. The van der Waals surface area contributed by atoms with Crippen LogP contribution in [-0.2, 0) is 0 Å². The molecule has 4 N–H and O–H groups in total. The summed E-state index contributed by atoms with van der Waals surface area (Å²) in [6.45, 7) is 0. The molecule has 0 aliphatic carbocycles. The highest BCUT2D eigenvalue weighted by molar-refractivity contribution is 6.30. The molecule has 0 atom stereocenters. The standard InChI is InChI=1S/C17H16ClN5O/c1-24-14-8-3-2-7-13(14)23-17-15(19)16(20-10-21-17)22-12-6-4-5-11(18)9-12/h2-10H,19H2,1H3,(H2,20,21,22,23). The fraction of sp³-hybridized carbons (Fsp3) is 0.0588. The van der Waals surface area contributed by atoms with Gasteiger partial charge in [-0.25, -0.2) is 9.97 Å². The number of aromatic nitrogens is 2. The van der Waals surface area contributed by atoms with Gasteiger partial charge in [0.2, 0.25) is 0 Å². The Labute approximate surface area is 144 Å². The van der Waals surface area contributed by atoms with Gasteiger partial charge in [-0.2, -0.15) is 0 Å². The first-order chi connectivity index (χ1) is 11.7. The van der Waals surface area contributed by atoms with Gasteiger partial charge in [0.05, 0.1) is 12.8 Å². The molecule has 3 aromatic rings. The van der Waals surface area contributed by atoms with Crippen molar-refractivity contribution in [2.24, 2.45) is 0 Å². The number of methoxy groups -OCH3 is 1. The normalized spacial score (nSPS) is 10.2. The van der Waals surface area contributed by atoms with Crippen molar-refractivity contribution in [1.29, 1.82) is 0 Å². The Morgan fingerprint density at radius 3 is 2.50 bits per heavy atom. The molecule has 0 fully saturated rings. The van der Waals surface area contributed by atoms with Gasteiger partial charge in [-0.3, -0.25) is 0 Å². The zero-order valence-electron chi connectivity index (χ0n) is 13.0. The second kappa shape index (κ2) is 7.06. The van der Waals surface area contributed by atoms with Crippen molar-refractivity contribution in [2.75, 3.05) is 23.5 Å². The third-order valence-electron chi connectivity index (χ3n) is 3.33. The van der Waals surface area contributed by atoms with E-state index in [0.29, 0.717) is 28.1 Å². The highest BCUT2D eigenvalue weighted by atomic mass is 35.5. The van der Waals surface area contributed by atoms with Crippen molar-refractivity contribution in [3.8, 4) is 5.75 Å². The summed E-state index contributed by atoms with van der Waals surface area (Å²) in [7, 11) is 1.61. The predicted octanol–water partition coefficient (Wildman–Crippen LogP) is 4.21. The Hall–Kier alpha value is -2.99. The third kappa shape index (κ3) is 3.49. The molecule has 0 aliphatic heterocycles.